The number of rotatable bonds is 3. The van der Waals surface area contributed by atoms with Crippen LogP contribution in [0.1, 0.15) is 32.3 Å². The van der Waals surface area contributed by atoms with Crippen LogP contribution in [0.4, 0.5) is 0 Å². The van der Waals surface area contributed by atoms with Gasteiger partial charge < -0.3 is 4.74 Å². The van der Waals surface area contributed by atoms with E-state index >= 15 is 0 Å². The van der Waals surface area contributed by atoms with Crippen LogP contribution < -0.4 is 0 Å². The molecule has 4 rings (SSSR count). The second-order valence-electron chi connectivity index (χ2n) is 6.57. The predicted octanol–water partition coefficient (Wildman–Crippen LogP) is 2.60. The third-order valence-corrected chi connectivity index (χ3v) is 4.86. The zero-order chi connectivity index (χ0) is 14.2. The number of piperidine rings is 3. The SMILES string of the molecule is CC(C)(C(=O)O[C@H]1CN2CCC1CC2)c1ccccc1. The number of hydrogen-bond acceptors (Lipinski definition) is 3. The van der Waals surface area contributed by atoms with Crippen LogP contribution in [0.5, 0.6) is 0 Å². The van der Waals surface area contributed by atoms with Gasteiger partial charge in [0.05, 0.1) is 5.41 Å². The summed E-state index contributed by atoms with van der Waals surface area (Å²) in [5.41, 5.74) is 0.444. The number of ether oxygens (including phenoxy) is 1. The monoisotopic (exact) mass is 273 g/mol. The molecule has 3 nitrogen and oxygen atoms in total. The summed E-state index contributed by atoms with van der Waals surface area (Å²) in [6.07, 6.45) is 2.43. The van der Waals surface area contributed by atoms with E-state index in [0.717, 1.165) is 12.1 Å². The van der Waals surface area contributed by atoms with Crippen molar-refractivity contribution in [1.82, 2.24) is 4.90 Å². The molecule has 3 saturated heterocycles. The topological polar surface area (TPSA) is 29.5 Å². The second kappa shape index (κ2) is 5.21. The molecule has 1 atom stereocenters. The van der Waals surface area contributed by atoms with Gasteiger partial charge in [-0.15, -0.1) is 0 Å². The van der Waals surface area contributed by atoms with Crippen LogP contribution in [0.15, 0.2) is 30.3 Å². The van der Waals surface area contributed by atoms with Crippen molar-refractivity contribution in [3.63, 3.8) is 0 Å². The lowest BCUT2D eigenvalue weighted by atomic mass is 9.83. The fourth-order valence-electron chi connectivity index (χ4n) is 3.30. The number of hydrogen-bond donors (Lipinski definition) is 0. The molecule has 3 heteroatoms. The molecule has 20 heavy (non-hydrogen) atoms. The van der Waals surface area contributed by atoms with Gasteiger partial charge in [-0.3, -0.25) is 9.69 Å². The summed E-state index contributed by atoms with van der Waals surface area (Å²) in [5, 5.41) is 0. The van der Waals surface area contributed by atoms with Gasteiger partial charge in [-0.2, -0.15) is 0 Å². The van der Waals surface area contributed by atoms with Crippen LogP contribution in [0.3, 0.4) is 0 Å². The molecule has 3 aliphatic rings. The van der Waals surface area contributed by atoms with E-state index in [1.165, 1.54) is 25.9 Å². The molecule has 1 aromatic carbocycles. The van der Waals surface area contributed by atoms with Gasteiger partial charge in [0.2, 0.25) is 0 Å². The van der Waals surface area contributed by atoms with E-state index in [-0.39, 0.29) is 12.1 Å². The zero-order valence-corrected chi connectivity index (χ0v) is 12.3. The third kappa shape index (κ3) is 2.47. The minimum atomic E-state index is -0.576. The van der Waals surface area contributed by atoms with Gasteiger partial charge in [-0.25, -0.2) is 0 Å². The van der Waals surface area contributed by atoms with E-state index < -0.39 is 5.41 Å². The minimum Gasteiger partial charge on any atom is -0.460 e. The molecular weight excluding hydrogens is 250 g/mol. The number of esters is 1. The molecule has 0 aliphatic carbocycles. The smallest absolute Gasteiger partial charge is 0.316 e. The number of nitrogens with zero attached hydrogens (tertiary/aromatic N) is 1. The van der Waals surface area contributed by atoms with Gasteiger partial charge in [-0.05, 0) is 51.3 Å². The Morgan fingerprint density at radius 2 is 1.85 bits per heavy atom. The summed E-state index contributed by atoms with van der Waals surface area (Å²) in [7, 11) is 0. The number of carbonyl (C=O) groups excluding carboxylic acids is 1. The number of benzene rings is 1. The Morgan fingerprint density at radius 1 is 1.20 bits per heavy atom. The molecule has 0 radical (unpaired) electrons. The largest absolute Gasteiger partial charge is 0.460 e. The second-order valence-corrected chi connectivity index (χ2v) is 6.57. The average Bonchev–Trinajstić information content (AvgIpc) is 2.49. The quantitative estimate of drug-likeness (QED) is 0.793. The molecule has 2 bridgehead atoms. The first-order valence-corrected chi connectivity index (χ1v) is 7.56. The van der Waals surface area contributed by atoms with Gasteiger partial charge in [-0.1, -0.05) is 30.3 Å². The van der Waals surface area contributed by atoms with Crippen LogP contribution in [-0.4, -0.2) is 36.6 Å². The van der Waals surface area contributed by atoms with Crippen LogP contribution in [-0.2, 0) is 14.9 Å². The third-order valence-electron chi connectivity index (χ3n) is 4.86. The number of carbonyl (C=O) groups is 1. The summed E-state index contributed by atoms with van der Waals surface area (Å²) in [5.74, 6) is 0.470. The Labute approximate surface area is 120 Å². The highest BCUT2D eigenvalue weighted by atomic mass is 16.5. The Balaban J connectivity index is 1.70. The molecule has 3 aliphatic heterocycles. The van der Waals surface area contributed by atoms with E-state index in [9.17, 15) is 4.79 Å². The van der Waals surface area contributed by atoms with Crippen LogP contribution in [0, 0.1) is 5.92 Å². The van der Waals surface area contributed by atoms with Crippen LogP contribution in [0.25, 0.3) is 0 Å². The van der Waals surface area contributed by atoms with Gasteiger partial charge >= 0.3 is 5.97 Å². The van der Waals surface area contributed by atoms with Gasteiger partial charge in [0.15, 0.2) is 0 Å². The van der Waals surface area contributed by atoms with Gasteiger partial charge in [0, 0.05) is 6.54 Å². The van der Waals surface area contributed by atoms with Crippen LogP contribution >= 0.6 is 0 Å². The van der Waals surface area contributed by atoms with Crippen molar-refractivity contribution >= 4 is 5.97 Å². The van der Waals surface area contributed by atoms with E-state index in [1.807, 2.05) is 44.2 Å². The average molecular weight is 273 g/mol. The summed E-state index contributed by atoms with van der Waals surface area (Å²) < 4.78 is 5.86. The standard InChI is InChI=1S/C17H23NO2/c1-17(2,14-6-4-3-5-7-14)16(19)20-15-12-18-10-8-13(15)9-11-18/h3-7,13,15H,8-12H2,1-2H3/t15-/m0/s1. The Morgan fingerprint density at radius 3 is 2.40 bits per heavy atom. The molecule has 3 heterocycles. The van der Waals surface area contributed by atoms with E-state index in [1.54, 1.807) is 0 Å². The first-order chi connectivity index (χ1) is 9.57. The molecule has 0 aromatic heterocycles. The molecule has 0 amide bonds. The molecule has 0 N–H and O–H groups in total. The predicted molar refractivity (Wildman–Crippen MR) is 78.5 cm³/mol. The highest BCUT2D eigenvalue weighted by molar-refractivity contribution is 5.82. The highest BCUT2D eigenvalue weighted by Crippen LogP contribution is 2.32. The first kappa shape index (κ1) is 13.6. The fraction of sp³-hybridized carbons (Fsp3) is 0.588. The van der Waals surface area contributed by atoms with E-state index in [0.29, 0.717) is 5.92 Å². The summed E-state index contributed by atoms with van der Waals surface area (Å²) in [6, 6.07) is 9.91. The highest BCUT2D eigenvalue weighted by Gasteiger charge is 2.40. The van der Waals surface area contributed by atoms with Crippen molar-refractivity contribution in [1.29, 1.82) is 0 Å². The molecule has 0 saturated carbocycles. The number of fused-ring (bicyclic) bond motifs is 3. The maximum atomic E-state index is 12.6. The summed E-state index contributed by atoms with van der Waals surface area (Å²) >= 11 is 0. The normalized spacial score (nSPS) is 29.2. The van der Waals surface area contributed by atoms with Crippen molar-refractivity contribution in [2.24, 2.45) is 5.92 Å². The maximum Gasteiger partial charge on any atom is 0.316 e. The molecule has 0 unspecified atom stereocenters. The molecule has 3 fully saturated rings. The van der Waals surface area contributed by atoms with Gasteiger partial charge in [0.1, 0.15) is 6.10 Å². The van der Waals surface area contributed by atoms with Crippen molar-refractivity contribution in [2.75, 3.05) is 19.6 Å². The van der Waals surface area contributed by atoms with E-state index in [2.05, 4.69) is 4.90 Å². The molecule has 108 valence electrons. The summed E-state index contributed by atoms with van der Waals surface area (Å²) in [6.45, 7) is 7.15. The van der Waals surface area contributed by atoms with Crippen molar-refractivity contribution in [2.45, 2.75) is 38.2 Å². The van der Waals surface area contributed by atoms with Crippen molar-refractivity contribution < 1.29 is 9.53 Å². The maximum absolute atomic E-state index is 12.6. The molecular formula is C17H23NO2. The summed E-state index contributed by atoms with van der Waals surface area (Å²) in [4.78, 5) is 15.0. The Kier molecular flexibility index (Phi) is 3.55. The Bertz CT molecular complexity index is 475. The first-order valence-electron chi connectivity index (χ1n) is 7.56. The Hall–Kier alpha value is -1.35. The van der Waals surface area contributed by atoms with Gasteiger partial charge in [0.25, 0.3) is 0 Å². The lowest BCUT2D eigenvalue weighted by Crippen LogP contribution is -2.53. The fourth-order valence-corrected chi connectivity index (χ4v) is 3.30. The van der Waals surface area contributed by atoms with E-state index in [4.69, 9.17) is 4.74 Å². The lowest BCUT2D eigenvalue weighted by Gasteiger charge is -2.44. The molecule has 1 aromatic rings. The van der Waals surface area contributed by atoms with Crippen molar-refractivity contribution in [3.8, 4) is 0 Å². The van der Waals surface area contributed by atoms with Crippen LogP contribution in [0.2, 0.25) is 0 Å². The molecule has 0 spiro atoms. The zero-order valence-electron chi connectivity index (χ0n) is 12.3. The van der Waals surface area contributed by atoms with Crippen molar-refractivity contribution in [3.05, 3.63) is 35.9 Å². The minimum absolute atomic E-state index is 0.0907. The lowest BCUT2D eigenvalue weighted by molar-refractivity contribution is -0.164.